The summed E-state index contributed by atoms with van der Waals surface area (Å²) < 4.78 is 10.5. The molecule has 0 heterocycles. The number of anilines is 1. The third-order valence-corrected chi connectivity index (χ3v) is 3.29. The maximum atomic E-state index is 12.5. The van der Waals surface area contributed by atoms with Crippen molar-refractivity contribution >= 4 is 17.6 Å². The van der Waals surface area contributed by atoms with Crippen molar-refractivity contribution in [2.24, 2.45) is 0 Å². The highest BCUT2D eigenvalue weighted by atomic mass is 16.5. The Morgan fingerprint density at radius 1 is 1.35 bits per heavy atom. The molecule has 0 radical (unpaired) electrons. The van der Waals surface area contributed by atoms with Crippen LogP contribution in [0.5, 0.6) is 5.75 Å². The predicted octanol–water partition coefficient (Wildman–Crippen LogP) is 3.02. The Morgan fingerprint density at radius 2 is 2.04 bits per heavy atom. The molecule has 0 aliphatic heterocycles. The molecule has 0 saturated carbocycles. The zero-order valence-electron chi connectivity index (χ0n) is 13.9. The van der Waals surface area contributed by atoms with E-state index in [0.29, 0.717) is 18.7 Å². The second-order valence-corrected chi connectivity index (χ2v) is 5.28. The molecule has 1 N–H and O–H groups in total. The Hall–Kier alpha value is -2.39. The summed E-state index contributed by atoms with van der Waals surface area (Å²) in [6, 6.07) is 6.45. The first-order chi connectivity index (χ1) is 10.9. The van der Waals surface area contributed by atoms with Crippen LogP contribution >= 0.6 is 0 Å². The van der Waals surface area contributed by atoms with E-state index in [1.54, 1.807) is 6.92 Å². The number of ether oxygens (including phenoxy) is 2. The maximum Gasteiger partial charge on any atom is 0.308 e. The van der Waals surface area contributed by atoms with Crippen molar-refractivity contribution in [3.05, 3.63) is 23.8 Å². The van der Waals surface area contributed by atoms with Crippen molar-refractivity contribution in [3.8, 4) is 11.8 Å². The molecule has 0 aliphatic rings. The van der Waals surface area contributed by atoms with Crippen LogP contribution in [-0.4, -0.2) is 24.1 Å². The van der Waals surface area contributed by atoms with Gasteiger partial charge in [-0.15, -0.1) is 0 Å². The average Bonchev–Trinajstić information content (AvgIpc) is 2.48. The summed E-state index contributed by atoms with van der Waals surface area (Å²) >= 11 is 0. The summed E-state index contributed by atoms with van der Waals surface area (Å²) in [6.07, 6.45) is 1.36. The zero-order chi connectivity index (χ0) is 17.5. The minimum Gasteiger partial charge on any atom is -0.427 e. The molecule has 23 heavy (non-hydrogen) atoms. The highest BCUT2D eigenvalue weighted by Gasteiger charge is 2.33. The van der Waals surface area contributed by atoms with Crippen molar-refractivity contribution in [1.29, 1.82) is 5.26 Å². The van der Waals surface area contributed by atoms with Crippen LogP contribution in [0.25, 0.3) is 0 Å². The zero-order valence-corrected chi connectivity index (χ0v) is 13.9. The molecule has 0 saturated heterocycles. The second kappa shape index (κ2) is 8.30. The van der Waals surface area contributed by atoms with Crippen molar-refractivity contribution in [3.63, 3.8) is 0 Å². The maximum absolute atomic E-state index is 12.5. The molecule has 1 amide bonds. The van der Waals surface area contributed by atoms with Gasteiger partial charge < -0.3 is 14.8 Å². The van der Waals surface area contributed by atoms with E-state index in [4.69, 9.17) is 9.47 Å². The topological polar surface area (TPSA) is 88.4 Å². The minimum absolute atomic E-state index is 0.215. The predicted molar refractivity (Wildman–Crippen MR) is 86.0 cm³/mol. The van der Waals surface area contributed by atoms with Gasteiger partial charge in [-0.1, -0.05) is 13.3 Å². The fourth-order valence-electron chi connectivity index (χ4n) is 2.26. The quantitative estimate of drug-likeness (QED) is 0.616. The largest absolute Gasteiger partial charge is 0.427 e. The van der Waals surface area contributed by atoms with E-state index in [0.717, 1.165) is 6.42 Å². The summed E-state index contributed by atoms with van der Waals surface area (Å²) in [5.74, 6) is -0.524. The number of nitrogens with one attached hydrogen (secondary N) is 1. The Balaban J connectivity index is 3.01. The molecule has 124 valence electrons. The Labute approximate surface area is 136 Å². The van der Waals surface area contributed by atoms with Crippen molar-refractivity contribution in [2.45, 2.75) is 46.1 Å². The van der Waals surface area contributed by atoms with Gasteiger partial charge in [0.2, 0.25) is 0 Å². The number of amides is 1. The molecule has 6 nitrogen and oxygen atoms in total. The molecule has 0 aliphatic carbocycles. The highest BCUT2D eigenvalue weighted by molar-refractivity contribution is 5.98. The van der Waals surface area contributed by atoms with Gasteiger partial charge in [0.25, 0.3) is 5.91 Å². The van der Waals surface area contributed by atoms with Crippen molar-refractivity contribution in [1.82, 2.24) is 0 Å². The fourth-order valence-corrected chi connectivity index (χ4v) is 2.26. The summed E-state index contributed by atoms with van der Waals surface area (Å²) in [5, 5.41) is 12.0. The van der Waals surface area contributed by atoms with Gasteiger partial charge in [0.1, 0.15) is 17.4 Å². The molecule has 0 bridgehead atoms. The SMILES string of the molecule is CCC[C@@](C)(OCC)C(=O)Nc1ccc(OC(C)=O)cc1C#N. The summed E-state index contributed by atoms with van der Waals surface area (Å²) in [6.45, 7) is 7.23. The Bertz CT molecular complexity index is 614. The summed E-state index contributed by atoms with van der Waals surface area (Å²) in [7, 11) is 0. The van der Waals surface area contributed by atoms with Crippen LogP contribution in [0.3, 0.4) is 0 Å². The second-order valence-electron chi connectivity index (χ2n) is 5.28. The van der Waals surface area contributed by atoms with Gasteiger partial charge in [-0.25, -0.2) is 0 Å². The molecule has 1 rings (SSSR count). The number of rotatable bonds is 7. The molecule has 1 atom stereocenters. The number of carbonyl (C=O) groups excluding carboxylic acids is 2. The van der Waals surface area contributed by atoms with Gasteiger partial charge in [-0.05, 0) is 32.4 Å². The number of hydrogen-bond donors (Lipinski definition) is 1. The van der Waals surface area contributed by atoms with E-state index < -0.39 is 11.6 Å². The van der Waals surface area contributed by atoms with Gasteiger partial charge in [0, 0.05) is 19.6 Å². The van der Waals surface area contributed by atoms with E-state index in [2.05, 4.69) is 5.32 Å². The Kier molecular flexibility index (Phi) is 6.73. The van der Waals surface area contributed by atoms with Gasteiger partial charge in [-0.3, -0.25) is 9.59 Å². The van der Waals surface area contributed by atoms with Crippen LogP contribution in [0, 0.1) is 11.3 Å². The number of nitrogens with zero attached hydrogens (tertiary/aromatic N) is 1. The lowest BCUT2D eigenvalue weighted by Crippen LogP contribution is -2.42. The van der Waals surface area contributed by atoms with E-state index in [1.807, 2.05) is 19.9 Å². The lowest BCUT2D eigenvalue weighted by Gasteiger charge is -2.28. The molecule has 1 aromatic rings. The van der Waals surface area contributed by atoms with E-state index >= 15 is 0 Å². The summed E-state index contributed by atoms with van der Waals surface area (Å²) in [4.78, 5) is 23.5. The van der Waals surface area contributed by atoms with Crippen molar-refractivity contribution < 1.29 is 19.1 Å². The third kappa shape index (κ3) is 5.08. The highest BCUT2D eigenvalue weighted by Crippen LogP contribution is 2.25. The number of benzene rings is 1. The number of esters is 1. The fraction of sp³-hybridized carbons (Fsp3) is 0.471. The van der Waals surface area contributed by atoms with Gasteiger partial charge in [0.05, 0.1) is 11.3 Å². The Morgan fingerprint density at radius 3 is 2.57 bits per heavy atom. The number of carbonyl (C=O) groups is 2. The molecule has 0 aromatic heterocycles. The molecule has 6 heteroatoms. The average molecular weight is 318 g/mol. The standard InChI is InChI=1S/C17H22N2O4/c1-5-9-17(4,22-6-2)16(21)19-15-8-7-14(23-12(3)20)10-13(15)11-18/h7-8,10H,5-6,9H2,1-4H3,(H,19,21)/t17-/m1/s1. The number of nitriles is 1. The first-order valence-corrected chi connectivity index (χ1v) is 7.54. The normalized spacial score (nSPS) is 12.8. The molecular formula is C17H22N2O4. The molecule has 1 aromatic carbocycles. The number of hydrogen-bond acceptors (Lipinski definition) is 5. The van der Waals surface area contributed by atoms with Crippen LogP contribution in [0.2, 0.25) is 0 Å². The molecule has 0 unspecified atom stereocenters. The first-order valence-electron chi connectivity index (χ1n) is 7.54. The third-order valence-electron chi connectivity index (χ3n) is 3.29. The van der Waals surface area contributed by atoms with Crippen LogP contribution < -0.4 is 10.1 Å². The molecule has 0 fully saturated rings. The van der Waals surface area contributed by atoms with Crippen molar-refractivity contribution in [2.75, 3.05) is 11.9 Å². The first kappa shape index (κ1) is 18.7. The molecular weight excluding hydrogens is 296 g/mol. The monoisotopic (exact) mass is 318 g/mol. The van der Waals surface area contributed by atoms with E-state index in [9.17, 15) is 14.9 Å². The van der Waals surface area contributed by atoms with Gasteiger partial charge in [-0.2, -0.15) is 5.26 Å². The summed E-state index contributed by atoms with van der Waals surface area (Å²) in [5.41, 5.74) is -0.381. The van der Waals surface area contributed by atoms with Crippen LogP contribution in [-0.2, 0) is 14.3 Å². The lowest BCUT2D eigenvalue weighted by atomic mass is 9.98. The lowest BCUT2D eigenvalue weighted by molar-refractivity contribution is -0.139. The van der Waals surface area contributed by atoms with E-state index in [-0.39, 0.29) is 17.2 Å². The minimum atomic E-state index is -0.954. The van der Waals surface area contributed by atoms with Gasteiger partial charge in [0.15, 0.2) is 0 Å². The van der Waals surface area contributed by atoms with Gasteiger partial charge >= 0.3 is 5.97 Å². The van der Waals surface area contributed by atoms with Crippen LogP contribution in [0.15, 0.2) is 18.2 Å². The smallest absolute Gasteiger partial charge is 0.308 e. The van der Waals surface area contributed by atoms with Crippen LogP contribution in [0.4, 0.5) is 5.69 Å². The molecule has 0 spiro atoms. The van der Waals surface area contributed by atoms with E-state index in [1.165, 1.54) is 25.1 Å². The van der Waals surface area contributed by atoms with Crippen LogP contribution in [0.1, 0.15) is 46.1 Å².